The van der Waals surface area contributed by atoms with Gasteiger partial charge in [0.1, 0.15) is 5.78 Å². The van der Waals surface area contributed by atoms with Crippen molar-refractivity contribution >= 4 is 5.78 Å². The first-order valence-electron chi connectivity index (χ1n) is 8.63. The topological polar surface area (TPSA) is 20.3 Å². The van der Waals surface area contributed by atoms with E-state index in [-0.39, 0.29) is 23.9 Å². The van der Waals surface area contributed by atoms with Crippen LogP contribution >= 0.6 is 0 Å². The van der Waals surface area contributed by atoms with Crippen molar-refractivity contribution in [2.45, 2.75) is 31.3 Å². The summed E-state index contributed by atoms with van der Waals surface area (Å²) in [5, 5.41) is 0. The summed E-state index contributed by atoms with van der Waals surface area (Å²) in [6.45, 7) is 0. The highest BCUT2D eigenvalue weighted by atomic mass is 16.1. The zero-order valence-corrected chi connectivity index (χ0v) is 13.6. The third-order valence-electron chi connectivity index (χ3n) is 5.68. The molecule has 2 fully saturated rings. The lowest BCUT2D eigenvalue weighted by atomic mass is 9.66. The van der Waals surface area contributed by atoms with Crippen molar-refractivity contribution in [3.05, 3.63) is 71.8 Å². The van der Waals surface area contributed by atoms with Crippen LogP contribution in [0.4, 0.5) is 0 Å². The van der Waals surface area contributed by atoms with Crippen LogP contribution in [-0.2, 0) is 4.79 Å². The Kier molecular flexibility index (Phi) is 3.78. The van der Waals surface area contributed by atoms with Crippen molar-refractivity contribution < 1.29 is 4.79 Å². The summed E-state index contributed by atoms with van der Waals surface area (Å²) in [4.78, 5) is 15.6. The first kappa shape index (κ1) is 14.6. The Bertz CT molecular complexity index is 624. The molecule has 2 heteroatoms. The zero-order chi connectivity index (χ0) is 15.8. The molecule has 23 heavy (non-hydrogen) atoms. The van der Waals surface area contributed by atoms with E-state index in [2.05, 4.69) is 60.5 Å². The SMILES string of the molecule is CN1[C@H](c2ccccc2)[C@H]2CCC[C@@H](C2=O)[C@@H]1c1ccccc1. The maximum absolute atomic E-state index is 13.1. The molecule has 0 N–H and O–H groups in total. The van der Waals surface area contributed by atoms with Gasteiger partial charge < -0.3 is 0 Å². The van der Waals surface area contributed by atoms with Gasteiger partial charge in [0.25, 0.3) is 0 Å². The van der Waals surface area contributed by atoms with Crippen molar-refractivity contribution in [1.29, 1.82) is 0 Å². The first-order valence-corrected chi connectivity index (χ1v) is 8.63. The number of ketones is 1. The summed E-state index contributed by atoms with van der Waals surface area (Å²) in [7, 11) is 2.20. The van der Waals surface area contributed by atoms with Crippen molar-refractivity contribution in [2.24, 2.45) is 11.8 Å². The van der Waals surface area contributed by atoms with Crippen molar-refractivity contribution in [3.63, 3.8) is 0 Å². The second-order valence-corrected chi connectivity index (χ2v) is 6.92. The lowest BCUT2D eigenvalue weighted by Crippen LogP contribution is -2.51. The molecule has 2 nitrogen and oxygen atoms in total. The smallest absolute Gasteiger partial charge is 0.142 e. The fourth-order valence-electron chi connectivity index (χ4n) is 4.72. The van der Waals surface area contributed by atoms with Gasteiger partial charge in [0, 0.05) is 23.9 Å². The molecule has 0 radical (unpaired) electrons. The number of carbonyl (C=O) groups excluding carboxylic acids is 1. The predicted molar refractivity (Wildman–Crippen MR) is 92.0 cm³/mol. The molecule has 1 saturated carbocycles. The van der Waals surface area contributed by atoms with Gasteiger partial charge in [-0.05, 0) is 31.0 Å². The number of hydrogen-bond acceptors (Lipinski definition) is 2. The number of fused-ring (bicyclic) bond motifs is 2. The van der Waals surface area contributed by atoms with E-state index >= 15 is 0 Å². The molecule has 1 heterocycles. The number of piperidine rings is 1. The Morgan fingerprint density at radius 1 is 0.783 bits per heavy atom. The Morgan fingerprint density at radius 3 is 1.65 bits per heavy atom. The van der Waals surface area contributed by atoms with Crippen LogP contribution in [0.5, 0.6) is 0 Å². The third-order valence-corrected chi connectivity index (χ3v) is 5.68. The molecule has 1 aliphatic carbocycles. The van der Waals surface area contributed by atoms with Crippen molar-refractivity contribution in [2.75, 3.05) is 7.05 Å². The van der Waals surface area contributed by atoms with E-state index in [1.807, 2.05) is 12.1 Å². The average molecular weight is 305 g/mol. The third kappa shape index (κ3) is 2.42. The van der Waals surface area contributed by atoms with Crippen LogP contribution in [0.15, 0.2) is 60.7 Å². The summed E-state index contributed by atoms with van der Waals surface area (Å²) < 4.78 is 0. The van der Waals surface area contributed by atoms with E-state index in [1.54, 1.807) is 0 Å². The standard InChI is InChI=1S/C21H23NO/c1-22-19(15-9-4-2-5-10-15)17-13-8-14-18(21(17)23)20(22)16-11-6-3-7-12-16/h2-7,9-12,17-20H,8,13-14H2,1H3/t17-,18-,19-,20+/m1/s1. The van der Waals surface area contributed by atoms with Gasteiger partial charge >= 0.3 is 0 Å². The minimum absolute atomic E-state index is 0.154. The molecule has 118 valence electrons. The second kappa shape index (κ2) is 5.93. The molecule has 1 saturated heterocycles. The molecule has 0 spiro atoms. The lowest BCUT2D eigenvalue weighted by molar-refractivity contribution is -0.143. The maximum atomic E-state index is 13.1. The van der Waals surface area contributed by atoms with Gasteiger partial charge in [-0.15, -0.1) is 0 Å². The highest BCUT2D eigenvalue weighted by Gasteiger charge is 2.49. The molecular formula is C21H23NO. The van der Waals surface area contributed by atoms with E-state index < -0.39 is 0 Å². The van der Waals surface area contributed by atoms with Crippen LogP contribution < -0.4 is 0 Å². The van der Waals surface area contributed by atoms with Gasteiger partial charge in [-0.2, -0.15) is 0 Å². The van der Waals surface area contributed by atoms with E-state index in [4.69, 9.17) is 0 Å². The fourth-order valence-corrected chi connectivity index (χ4v) is 4.72. The van der Waals surface area contributed by atoms with E-state index in [0.29, 0.717) is 5.78 Å². The molecule has 2 aliphatic rings. The molecular weight excluding hydrogens is 282 g/mol. The van der Waals surface area contributed by atoms with Crippen LogP contribution in [0.3, 0.4) is 0 Å². The van der Waals surface area contributed by atoms with Crippen LogP contribution in [-0.4, -0.2) is 17.7 Å². The highest BCUT2D eigenvalue weighted by molar-refractivity contribution is 5.86. The molecule has 2 aromatic carbocycles. The summed E-state index contributed by atoms with van der Waals surface area (Å²) in [6.07, 6.45) is 3.23. The highest BCUT2D eigenvalue weighted by Crippen LogP contribution is 2.50. The van der Waals surface area contributed by atoms with Gasteiger partial charge in [-0.1, -0.05) is 67.1 Å². The minimum atomic E-state index is 0.154. The Balaban J connectivity index is 1.79. The van der Waals surface area contributed by atoms with Gasteiger partial charge in [-0.3, -0.25) is 9.69 Å². The molecule has 1 aliphatic heterocycles. The average Bonchev–Trinajstić information content (AvgIpc) is 2.59. The lowest BCUT2D eigenvalue weighted by Gasteiger charge is -2.50. The molecule has 0 aromatic heterocycles. The van der Waals surface area contributed by atoms with E-state index in [1.165, 1.54) is 17.5 Å². The van der Waals surface area contributed by atoms with Crippen molar-refractivity contribution in [1.82, 2.24) is 4.90 Å². The van der Waals surface area contributed by atoms with Gasteiger partial charge in [0.2, 0.25) is 0 Å². The number of nitrogens with zero attached hydrogens (tertiary/aromatic N) is 1. The number of likely N-dealkylation sites (tertiary alicyclic amines) is 1. The molecule has 2 aromatic rings. The number of carbonyl (C=O) groups is 1. The quantitative estimate of drug-likeness (QED) is 0.819. The predicted octanol–water partition coefficient (Wildman–Crippen LogP) is 4.40. The molecule has 0 amide bonds. The number of hydrogen-bond donors (Lipinski definition) is 0. The zero-order valence-electron chi connectivity index (χ0n) is 13.6. The number of Topliss-reactive ketones (excluding diaryl/α,β-unsaturated/α-hetero) is 1. The molecule has 4 rings (SSSR count). The van der Waals surface area contributed by atoms with Gasteiger partial charge in [0.15, 0.2) is 0 Å². The van der Waals surface area contributed by atoms with E-state index in [0.717, 1.165) is 12.8 Å². The van der Waals surface area contributed by atoms with Gasteiger partial charge in [0.05, 0.1) is 0 Å². The first-order chi connectivity index (χ1) is 11.3. The van der Waals surface area contributed by atoms with Crippen molar-refractivity contribution in [3.8, 4) is 0 Å². The van der Waals surface area contributed by atoms with Gasteiger partial charge in [-0.25, -0.2) is 0 Å². The number of benzene rings is 2. The molecule has 2 bridgehead atoms. The largest absolute Gasteiger partial charge is 0.299 e. The van der Waals surface area contributed by atoms with Crippen LogP contribution in [0.2, 0.25) is 0 Å². The van der Waals surface area contributed by atoms with Crippen LogP contribution in [0, 0.1) is 11.8 Å². The molecule has 0 unspecified atom stereocenters. The monoisotopic (exact) mass is 305 g/mol. The summed E-state index contributed by atoms with van der Waals surface area (Å²) in [6, 6.07) is 21.5. The Hall–Kier alpha value is -1.93. The summed E-state index contributed by atoms with van der Waals surface area (Å²) in [5.41, 5.74) is 2.55. The van der Waals surface area contributed by atoms with Crippen LogP contribution in [0.1, 0.15) is 42.5 Å². The summed E-state index contributed by atoms with van der Waals surface area (Å²) >= 11 is 0. The minimum Gasteiger partial charge on any atom is -0.299 e. The molecule has 4 atom stereocenters. The fraction of sp³-hybridized carbons (Fsp3) is 0.381. The Labute approximate surface area is 138 Å². The van der Waals surface area contributed by atoms with Crippen LogP contribution in [0.25, 0.3) is 0 Å². The van der Waals surface area contributed by atoms with E-state index in [9.17, 15) is 4.79 Å². The second-order valence-electron chi connectivity index (χ2n) is 6.92. The Morgan fingerprint density at radius 2 is 1.22 bits per heavy atom. The summed E-state index contributed by atoms with van der Waals surface area (Å²) in [5.74, 6) is 0.791. The normalized spacial score (nSPS) is 31.1. The number of rotatable bonds is 2. The maximum Gasteiger partial charge on any atom is 0.142 e.